The van der Waals surface area contributed by atoms with Crippen molar-refractivity contribution in [1.82, 2.24) is 0 Å². The van der Waals surface area contributed by atoms with Crippen molar-refractivity contribution in [3.8, 4) is 0 Å². The van der Waals surface area contributed by atoms with Gasteiger partial charge in [-0.25, -0.2) is 0 Å². The third-order valence-electron chi connectivity index (χ3n) is 20.2. The van der Waals surface area contributed by atoms with E-state index in [2.05, 4.69) is 425 Å². The topological polar surface area (TPSA) is 0 Å². The van der Waals surface area contributed by atoms with E-state index in [1.54, 1.807) is 5.57 Å². The largest absolute Gasteiger partial charge is 0.103 e. The maximum Gasteiger partial charge on any atom is -0.0133 e. The summed E-state index contributed by atoms with van der Waals surface area (Å²) in [7, 11) is 0. The molecule has 0 heteroatoms. The van der Waals surface area contributed by atoms with Gasteiger partial charge in [0.1, 0.15) is 0 Å². The normalized spacial score (nSPS) is 12.0. The average molecular weight is 1750 g/mol. The molecule has 0 heterocycles. The summed E-state index contributed by atoms with van der Waals surface area (Å²) < 4.78 is 0. The van der Waals surface area contributed by atoms with E-state index >= 15 is 0 Å². The fourth-order valence-corrected chi connectivity index (χ4v) is 10.9. The van der Waals surface area contributed by atoms with Crippen LogP contribution in [0, 0.1) is 0 Å². The molecular weight excluding hydrogens is 1540 g/mol. The Kier molecular flexibility index (Phi) is 134. The molecule has 0 unspecified atom stereocenters. The fraction of sp³-hybridized carbons (Fsp3) is 0.484. The minimum atomic E-state index is 1.01. The van der Waals surface area contributed by atoms with Crippen molar-refractivity contribution in [1.29, 1.82) is 0 Å². The first-order valence-electron chi connectivity index (χ1n) is 49.2. The molecule has 0 amide bonds. The van der Waals surface area contributed by atoms with Crippen LogP contribution in [0.3, 0.4) is 0 Å². The molecule has 0 saturated carbocycles. The third kappa shape index (κ3) is 124. The Labute approximate surface area is 804 Å². The monoisotopic (exact) mass is 1750 g/mol. The van der Waals surface area contributed by atoms with Gasteiger partial charge in [-0.1, -0.05) is 379 Å². The van der Waals surface area contributed by atoms with Gasteiger partial charge in [0, 0.05) is 0 Å². The first-order valence-corrected chi connectivity index (χ1v) is 49.2. The Morgan fingerprint density at radius 1 is 0.172 bits per heavy atom. The van der Waals surface area contributed by atoms with Gasteiger partial charge in [0.05, 0.1) is 0 Å². The van der Waals surface area contributed by atoms with Gasteiger partial charge in [0.2, 0.25) is 0 Å². The number of hydrogen-bond donors (Lipinski definition) is 0. The summed E-state index contributed by atoms with van der Waals surface area (Å²) in [5.41, 5.74) is 27.6. The predicted octanol–water partition coefficient (Wildman–Crippen LogP) is 45.2. The van der Waals surface area contributed by atoms with Crippen molar-refractivity contribution in [2.75, 3.05) is 0 Å². The Balaban J connectivity index is -0.000000131. The maximum absolute atomic E-state index is 3.75. The number of unbranched alkanes of at least 4 members (excludes halogenated alkanes) is 1. The van der Waals surface area contributed by atoms with Crippen LogP contribution in [0.2, 0.25) is 0 Å². The average Bonchev–Trinajstić information content (AvgIpc) is 0.919. The molecule has 0 rings (SSSR count). The highest BCUT2D eigenvalue weighted by Gasteiger charge is 1.99. The highest BCUT2D eigenvalue weighted by Crippen LogP contribution is 2.20. The molecular formula is C128H212. The van der Waals surface area contributed by atoms with E-state index in [9.17, 15) is 0 Å². The zero-order valence-electron chi connectivity index (χ0n) is 90.7. The van der Waals surface area contributed by atoms with Crippen LogP contribution >= 0.6 is 0 Å². The van der Waals surface area contributed by atoms with Crippen molar-refractivity contribution in [2.45, 2.75) is 413 Å². The lowest BCUT2D eigenvalue weighted by molar-refractivity contribution is 0.895. The van der Waals surface area contributed by atoms with Crippen LogP contribution in [0.5, 0.6) is 0 Å². The molecule has 0 atom stereocenters. The molecule has 0 fully saturated rings. The molecule has 724 valence electrons. The molecule has 0 N–H and O–H groups in total. The van der Waals surface area contributed by atoms with Crippen LogP contribution in [-0.4, -0.2) is 0 Å². The smallest absolute Gasteiger partial charge is 0.0133 e. The first-order chi connectivity index (χ1) is 61.3. The highest BCUT2D eigenvalue weighted by atomic mass is 14.1. The zero-order chi connectivity index (χ0) is 100. The molecule has 0 aromatic carbocycles. The zero-order valence-corrected chi connectivity index (χ0v) is 90.7. The number of hydrogen-bond acceptors (Lipinski definition) is 0. The maximum atomic E-state index is 3.75. The van der Waals surface area contributed by atoms with Gasteiger partial charge < -0.3 is 0 Å². The molecule has 0 spiro atoms. The second-order valence-electron chi connectivity index (χ2n) is 32.5. The van der Waals surface area contributed by atoms with Crippen LogP contribution in [0.15, 0.2) is 397 Å². The van der Waals surface area contributed by atoms with E-state index in [0.29, 0.717) is 0 Å². The van der Waals surface area contributed by atoms with Gasteiger partial charge >= 0.3 is 0 Å². The number of rotatable bonds is 54. The minimum absolute atomic E-state index is 1.01. The van der Waals surface area contributed by atoms with Crippen LogP contribution in [0.1, 0.15) is 413 Å². The van der Waals surface area contributed by atoms with Crippen LogP contribution in [0.25, 0.3) is 0 Å². The lowest BCUT2D eigenvalue weighted by atomic mass is 10.0. The molecule has 0 aromatic rings. The van der Waals surface area contributed by atoms with Crippen LogP contribution < -0.4 is 0 Å². The van der Waals surface area contributed by atoms with Crippen molar-refractivity contribution in [2.24, 2.45) is 0 Å². The van der Waals surface area contributed by atoms with Crippen LogP contribution in [0.4, 0.5) is 0 Å². The predicted molar refractivity (Wildman–Crippen MR) is 611 cm³/mol. The lowest BCUT2D eigenvalue weighted by Gasteiger charge is -2.02. The summed E-state index contributed by atoms with van der Waals surface area (Å²) in [4.78, 5) is 0. The van der Waals surface area contributed by atoms with Crippen LogP contribution in [-0.2, 0) is 0 Å². The van der Waals surface area contributed by atoms with Gasteiger partial charge in [0.15, 0.2) is 0 Å². The molecule has 0 aliphatic carbocycles. The van der Waals surface area contributed by atoms with Gasteiger partial charge in [-0.15, -0.1) is 72.4 Å². The Morgan fingerprint density at radius 2 is 0.398 bits per heavy atom. The van der Waals surface area contributed by atoms with E-state index in [1.807, 2.05) is 73.8 Å². The third-order valence-corrected chi connectivity index (χ3v) is 20.2. The molecule has 0 radical (unpaired) electrons. The van der Waals surface area contributed by atoms with Gasteiger partial charge in [-0.3, -0.25) is 0 Å². The van der Waals surface area contributed by atoms with Gasteiger partial charge in [-0.2, -0.15) is 0 Å². The van der Waals surface area contributed by atoms with E-state index in [1.165, 1.54) is 152 Å². The molecule has 0 aliphatic rings. The standard InChI is InChI=1S/2C13H22.4C12H20.4C11H18.C10H16/c1-5-8-12(4)10-11-13(7-3)9-6-2;1-5-9-13(8-4)11-10-12(6-2)7-3;1-5-8-12(6-2)10-7-9-11(3)4;2*1-5-8-12(7-3)10-9-11(4)6-2;1-4-7-8-9-11-12(6-3)10-5-2;3*1-5-7-11(6-2)9-8-10(3)4;1-4-7-8-10-11(6-3)9-5-2;1-4-7-9-10(6-3)8-5-2/h6-7,10H,2,5,8-9,11H2,1,3-4H3;5,8,10H,1,6-7,9,11H2,2-4H3;5-6,9H,1,7-8,10H2,2-4H3;2*5,7,9H,1,6,8,10H2,2-4H3;5-6,8-9H,2,4,7,10-11H2,1,3H3;3*5-6,8H,1,7,9H2,2-4H3;4-7H,2,8-10H2,1,3H3;4-7H,2,8-9H2,1,3H3/b12-10+,13-7-;13-8-;12-6-;11-9?,12-7+;11-9+,12-7-;9-8+,12-6-;2*11-6+;11-6-;7-4-,11-6-;7-4-,10-6-. The van der Waals surface area contributed by atoms with E-state index in [-0.39, 0.29) is 0 Å². The first kappa shape index (κ1) is 142. The Bertz CT molecular complexity index is 3330. The van der Waals surface area contributed by atoms with Crippen molar-refractivity contribution >= 4 is 0 Å². The summed E-state index contributed by atoms with van der Waals surface area (Å²) in [6.07, 6.45) is 112. The highest BCUT2D eigenvalue weighted by molar-refractivity contribution is 5.20. The summed E-state index contributed by atoms with van der Waals surface area (Å²) >= 11 is 0. The summed E-state index contributed by atoms with van der Waals surface area (Å²) in [5.74, 6) is 0. The molecule has 128 heavy (non-hydrogen) atoms. The summed E-state index contributed by atoms with van der Waals surface area (Å²) in [5, 5.41) is 0. The molecule has 0 nitrogen and oxygen atoms in total. The Hall–Kier alpha value is -8.58. The van der Waals surface area contributed by atoms with E-state index < -0.39 is 0 Å². The van der Waals surface area contributed by atoms with E-state index in [4.69, 9.17) is 0 Å². The molecule has 0 aromatic heterocycles. The second kappa shape index (κ2) is 120. The molecule has 0 saturated heterocycles. The SMILES string of the molecule is C=CC/C(=C/C)C/C=C(\C)CC.C=CC/C(=C/C)C/C=C(\C)CCC.C=CC/C(=C/C)C/C=C/CCC.C=CC/C(=C/C)C/C=C\C.C=CC/C(=C/C)CC/C=C\C.C=CC/C(=C/C)CC=C(C)C.C=CC/C(=C/C)CC=C(CC)CC.C=CC/C(=C/C)CCC=C(C)C.C=CC/C(=C\C)CC=C(C)C.C=CC/C(=C\C)CC=C(C)C.C=CC/C(=C\C)CC=C(C)CC. The van der Waals surface area contributed by atoms with Gasteiger partial charge in [0.25, 0.3) is 0 Å². The van der Waals surface area contributed by atoms with Crippen molar-refractivity contribution in [3.63, 3.8) is 0 Å². The molecule has 0 aliphatic heterocycles. The summed E-state index contributed by atoms with van der Waals surface area (Å²) in [6, 6.07) is 0. The lowest BCUT2D eigenvalue weighted by Crippen LogP contribution is -1.82. The minimum Gasteiger partial charge on any atom is -0.103 e. The Morgan fingerprint density at radius 3 is 0.617 bits per heavy atom. The van der Waals surface area contributed by atoms with Crippen molar-refractivity contribution in [3.05, 3.63) is 397 Å². The second-order valence-corrected chi connectivity index (χ2v) is 32.5. The quantitative estimate of drug-likeness (QED) is 0.0533. The summed E-state index contributed by atoms with van der Waals surface area (Å²) in [6.45, 7) is 105. The number of allylic oxidation sites excluding steroid dienone is 55. The van der Waals surface area contributed by atoms with Crippen molar-refractivity contribution < 1.29 is 0 Å². The fourth-order valence-electron chi connectivity index (χ4n) is 10.9. The van der Waals surface area contributed by atoms with E-state index in [0.717, 1.165) is 154 Å². The molecule has 0 bridgehead atoms. The van der Waals surface area contributed by atoms with Gasteiger partial charge in [-0.05, 0) is 359 Å².